The first kappa shape index (κ1) is 17.6. The third-order valence-corrected chi connectivity index (χ3v) is 4.41. The summed E-state index contributed by atoms with van der Waals surface area (Å²) in [4.78, 5) is 12.4. The molecule has 2 aromatic carbocycles. The van der Waals surface area contributed by atoms with Gasteiger partial charge in [-0.05, 0) is 55.7 Å². The number of halogens is 2. The number of carbonyl (C=O) groups excluding carboxylic acids is 1. The minimum atomic E-state index is -0.579. The predicted molar refractivity (Wildman–Crippen MR) is 95.7 cm³/mol. The van der Waals surface area contributed by atoms with Crippen molar-refractivity contribution in [1.82, 2.24) is 0 Å². The molecule has 0 aliphatic heterocycles. The molecule has 0 aliphatic carbocycles. The van der Waals surface area contributed by atoms with Gasteiger partial charge in [-0.2, -0.15) is 0 Å². The second kappa shape index (κ2) is 7.71. The maximum Gasteiger partial charge on any atom is 0.265 e. The second-order valence-electron chi connectivity index (χ2n) is 5.33. The molecule has 5 heteroatoms. The molecular formula is C18H19Cl2NO2. The molecule has 0 heterocycles. The van der Waals surface area contributed by atoms with Crippen LogP contribution in [0.25, 0.3) is 0 Å². The molecule has 3 nitrogen and oxygen atoms in total. The molecule has 0 aromatic heterocycles. The van der Waals surface area contributed by atoms with Crippen LogP contribution in [0.1, 0.15) is 24.5 Å². The molecule has 1 atom stereocenters. The Morgan fingerprint density at radius 2 is 1.91 bits per heavy atom. The molecule has 122 valence electrons. The van der Waals surface area contributed by atoms with E-state index in [1.54, 1.807) is 18.2 Å². The summed E-state index contributed by atoms with van der Waals surface area (Å²) in [5, 5.41) is 3.65. The fourth-order valence-electron chi connectivity index (χ4n) is 2.12. The van der Waals surface area contributed by atoms with Crippen LogP contribution in [-0.2, 0) is 4.79 Å². The van der Waals surface area contributed by atoms with Crippen LogP contribution in [-0.4, -0.2) is 12.0 Å². The van der Waals surface area contributed by atoms with Crippen molar-refractivity contribution < 1.29 is 9.53 Å². The van der Waals surface area contributed by atoms with Crippen LogP contribution < -0.4 is 10.1 Å². The topological polar surface area (TPSA) is 38.3 Å². The average molecular weight is 352 g/mol. The highest BCUT2D eigenvalue weighted by molar-refractivity contribution is 6.42. The SMILES string of the molecule is CC[C@H](Oc1cccc(C)c1C)C(=O)Nc1ccc(Cl)c(Cl)c1. The fourth-order valence-corrected chi connectivity index (χ4v) is 2.42. The van der Waals surface area contributed by atoms with Gasteiger partial charge in [0.05, 0.1) is 10.0 Å². The Kier molecular flexibility index (Phi) is 5.91. The highest BCUT2D eigenvalue weighted by Gasteiger charge is 2.20. The van der Waals surface area contributed by atoms with Crippen LogP contribution in [0.3, 0.4) is 0 Å². The third kappa shape index (κ3) is 4.40. The molecule has 0 aliphatic rings. The summed E-state index contributed by atoms with van der Waals surface area (Å²) in [6, 6.07) is 10.8. The van der Waals surface area contributed by atoms with Gasteiger partial charge in [-0.1, -0.05) is 42.3 Å². The van der Waals surface area contributed by atoms with Crippen molar-refractivity contribution in [3.05, 3.63) is 57.6 Å². The van der Waals surface area contributed by atoms with E-state index in [0.717, 1.165) is 16.9 Å². The van der Waals surface area contributed by atoms with Crippen molar-refractivity contribution in [3.63, 3.8) is 0 Å². The van der Waals surface area contributed by atoms with Gasteiger partial charge in [0.1, 0.15) is 5.75 Å². The summed E-state index contributed by atoms with van der Waals surface area (Å²) in [7, 11) is 0. The summed E-state index contributed by atoms with van der Waals surface area (Å²) in [6.07, 6.45) is -0.0227. The minimum absolute atomic E-state index is 0.216. The van der Waals surface area contributed by atoms with Crippen molar-refractivity contribution in [2.45, 2.75) is 33.3 Å². The monoisotopic (exact) mass is 351 g/mol. The molecule has 0 fully saturated rings. The van der Waals surface area contributed by atoms with Gasteiger partial charge in [0, 0.05) is 5.69 Å². The van der Waals surface area contributed by atoms with Crippen molar-refractivity contribution in [2.75, 3.05) is 5.32 Å². The highest BCUT2D eigenvalue weighted by Crippen LogP contribution is 2.26. The van der Waals surface area contributed by atoms with Gasteiger partial charge in [-0.3, -0.25) is 4.79 Å². The van der Waals surface area contributed by atoms with Gasteiger partial charge in [-0.25, -0.2) is 0 Å². The average Bonchev–Trinajstić information content (AvgIpc) is 2.52. The molecule has 2 aromatic rings. The number of ether oxygens (including phenoxy) is 1. The molecular weight excluding hydrogens is 333 g/mol. The zero-order chi connectivity index (χ0) is 17.0. The van der Waals surface area contributed by atoms with Gasteiger partial charge in [0.15, 0.2) is 6.10 Å². The van der Waals surface area contributed by atoms with Gasteiger partial charge in [0.2, 0.25) is 0 Å². The van der Waals surface area contributed by atoms with Gasteiger partial charge in [0.25, 0.3) is 5.91 Å². The number of benzene rings is 2. The standard InChI is InChI=1S/C18H19Cl2NO2/c1-4-16(23-17-7-5-6-11(2)12(17)3)18(22)21-13-8-9-14(19)15(20)10-13/h5-10,16H,4H2,1-3H3,(H,21,22)/t16-/m0/s1. The summed E-state index contributed by atoms with van der Waals surface area (Å²) in [5.74, 6) is 0.507. The lowest BCUT2D eigenvalue weighted by Gasteiger charge is -2.19. The fraction of sp³-hybridized carbons (Fsp3) is 0.278. The van der Waals surface area contributed by atoms with E-state index in [1.807, 2.05) is 39.0 Å². The molecule has 0 bridgehead atoms. The number of hydrogen-bond acceptors (Lipinski definition) is 2. The van der Waals surface area contributed by atoms with E-state index in [9.17, 15) is 4.79 Å². The number of amides is 1. The smallest absolute Gasteiger partial charge is 0.265 e. The van der Waals surface area contributed by atoms with Crippen molar-refractivity contribution >= 4 is 34.8 Å². The zero-order valence-electron chi connectivity index (χ0n) is 13.3. The number of aryl methyl sites for hydroxylation is 1. The Bertz CT molecular complexity index is 716. The predicted octanol–water partition coefficient (Wildman–Crippen LogP) is 5.41. The Morgan fingerprint density at radius 1 is 1.17 bits per heavy atom. The van der Waals surface area contributed by atoms with Crippen LogP contribution in [0.15, 0.2) is 36.4 Å². The normalized spacial score (nSPS) is 11.9. The Labute approximate surface area is 146 Å². The van der Waals surface area contributed by atoms with E-state index in [2.05, 4.69) is 5.32 Å². The second-order valence-corrected chi connectivity index (χ2v) is 6.15. The first-order chi connectivity index (χ1) is 10.9. The lowest BCUT2D eigenvalue weighted by atomic mass is 10.1. The number of hydrogen-bond donors (Lipinski definition) is 1. The van der Waals surface area contributed by atoms with Crippen LogP contribution >= 0.6 is 23.2 Å². The Morgan fingerprint density at radius 3 is 2.57 bits per heavy atom. The molecule has 0 saturated heterocycles. The quantitative estimate of drug-likeness (QED) is 0.782. The molecule has 1 amide bonds. The summed E-state index contributed by atoms with van der Waals surface area (Å²) >= 11 is 11.8. The number of nitrogens with one attached hydrogen (secondary N) is 1. The number of anilines is 1. The van der Waals surface area contributed by atoms with Crippen LogP contribution in [0.2, 0.25) is 10.0 Å². The molecule has 2 rings (SSSR count). The maximum atomic E-state index is 12.4. The summed E-state index contributed by atoms with van der Waals surface area (Å²) in [6.45, 7) is 5.90. The van der Waals surface area contributed by atoms with Crippen LogP contribution in [0.4, 0.5) is 5.69 Å². The first-order valence-corrected chi connectivity index (χ1v) is 8.16. The zero-order valence-corrected chi connectivity index (χ0v) is 14.8. The van der Waals surface area contributed by atoms with Gasteiger partial charge < -0.3 is 10.1 Å². The molecule has 0 unspecified atom stereocenters. The molecule has 0 saturated carbocycles. The molecule has 1 N–H and O–H groups in total. The Hall–Kier alpha value is -1.71. The van der Waals surface area contributed by atoms with Crippen molar-refractivity contribution in [3.8, 4) is 5.75 Å². The minimum Gasteiger partial charge on any atom is -0.480 e. The molecule has 23 heavy (non-hydrogen) atoms. The van der Waals surface area contributed by atoms with Gasteiger partial charge in [-0.15, -0.1) is 0 Å². The lowest BCUT2D eigenvalue weighted by Crippen LogP contribution is -2.32. The highest BCUT2D eigenvalue weighted by atomic mass is 35.5. The van der Waals surface area contributed by atoms with Crippen LogP contribution in [0, 0.1) is 13.8 Å². The van der Waals surface area contributed by atoms with E-state index >= 15 is 0 Å². The van der Waals surface area contributed by atoms with E-state index < -0.39 is 6.10 Å². The molecule has 0 spiro atoms. The van der Waals surface area contributed by atoms with Crippen molar-refractivity contribution in [1.29, 1.82) is 0 Å². The van der Waals surface area contributed by atoms with E-state index in [4.69, 9.17) is 27.9 Å². The first-order valence-electron chi connectivity index (χ1n) is 7.41. The summed E-state index contributed by atoms with van der Waals surface area (Å²) < 4.78 is 5.89. The molecule has 0 radical (unpaired) electrons. The van der Waals surface area contributed by atoms with Crippen molar-refractivity contribution in [2.24, 2.45) is 0 Å². The van der Waals surface area contributed by atoms with E-state index in [-0.39, 0.29) is 5.91 Å². The van der Waals surface area contributed by atoms with E-state index in [1.165, 1.54) is 0 Å². The summed E-state index contributed by atoms with van der Waals surface area (Å²) in [5.41, 5.74) is 2.75. The number of carbonyl (C=O) groups is 1. The van der Waals surface area contributed by atoms with E-state index in [0.29, 0.717) is 22.2 Å². The third-order valence-electron chi connectivity index (χ3n) is 3.67. The van der Waals surface area contributed by atoms with Crippen LogP contribution in [0.5, 0.6) is 5.75 Å². The number of rotatable bonds is 5. The lowest BCUT2D eigenvalue weighted by molar-refractivity contribution is -0.122. The Balaban J connectivity index is 2.12. The maximum absolute atomic E-state index is 12.4. The largest absolute Gasteiger partial charge is 0.480 e. The van der Waals surface area contributed by atoms with Gasteiger partial charge >= 0.3 is 0 Å².